The Hall–Kier alpha value is -1.65. The lowest BCUT2D eigenvalue weighted by atomic mass is 10.3. The van der Waals surface area contributed by atoms with Crippen LogP contribution in [-0.4, -0.2) is 35.7 Å². The lowest BCUT2D eigenvalue weighted by Crippen LogP contribution is -2.34. The Balaban J connectivity index is 2.30. The molecule has 5 nitrogen and oxygen atoms in total. The highest BCUT2D eigenvalue weighted by Gasteiger charge is 2.28. The Labute approximate surface area is 88.1 Å². The Morgan fingerprint density at radius 2 is 2.00 bits per heavy atom. The molecule has 0 aromatic rings. The first-order valence-corrected chi connectivity index (χ1v) is 4.86. The number of carbonyl (C=O) groups is 3. The predicted octanol–water partition coefficient (Wildman–Crippen LogP) is -0.172. The second kappa shape index (κ2) is 5.29. The molecule has 1 heterocycles. The fourth-order valence-electron chi connectivity index (χ4n) is 1.36. The summed E-state index contributed by atoms with van der Waals surface area (Å²) in [7, 11) is 0. The summed E-state index contributed by atoms with van der Waals surface area (Å²) in [5.74, 6) is -0.546. The predicted molar refractivity (Wildman–Crippen MR) is 53.8 cm³/mol. The van der Waals surface area contributed by atoms with Crippen molar-refractivity contribution in [3.63, 3.8) is 0 Å². The lowest BCUT2D eigenvalue weighted by molar-refractivity contribution is -0.138. The molecular weight excluding hydrogens is 196 g/mol. The molecule has 1 rings (SSSR count). The van der Waals surface area contributed by atoms with Crippen molar-refractivity contribution in [1.29, 1.82) is 0 Å². The van der Waals surface area contributed by atoms with Gasteiger partial charge in [0.1, 0.15) is 0 Å². The molecule has 0 aromatic carbocycles. The monoisotopic (exact) mass is 210 g/mol. The van der Waals surface area contributed by atoms with Crippen molar-refractivity contribution in [1.82, 2.24) is 10.2 Å². The van der Waals surface area contributed by atoms with E-state index in [2.05, 4.69) is 11.9 Å². The topological polar surface area (TPSA) is 66.5 Å². The SMILES string of the molecule is C=CCNC(=O)CCN1C(=O)CCC1=O. The van der Waals surface area contributed by atoms with Gasteiger partial charge in [0.15, 0.2) is 0 Å². The molecular formula is C10H14N2O3. The van der Waals surface area contributed by atoms with Crippen molar-refractivity contribution in [2.75, 3.05) is 13.1 Å². The number of nitrogens with one attached hydrogen (secondary N) is 1. The van der Waals surface area contributed by atoms with Crippen molar-refractivity contribution < 1.29 is 14.4 Å². The number of hydrogen-bond acceptors (Lipinski definition) is 3. The molecule has 0 radical (unpaired) electrons. The standard InChI is InChI=1S/C10H14N2O3/c1-2-6-11-8(13)5-7-12-9(14)3-4-10(12)15/h2H,1,3-7H2,(H,11,13). The maximum atomic E-state index is 11.2. The smallest absolute Gasteiger partial charge is 0.229 e. The summed E-state index contributed by atoms with van der Waals surface area (Å²) >= 11 is 0. The van der Waals surface area contributed by atoms with Crippen molar-refractivity contribution in [2.45, 2.75) is 19.3 Å². The molecule has 0 saturated carbocycles. The third kappa shape index (κ3) is 3.19. The molecule has 0 spiro atoms. The van der Waals surface area contributed by atoms with Gasteiger partial charge in [-0.1, -0.05) is 6.08 Å². The van der Waals surface area contributed by atoms with E-state index in [1.54, 1.807) is 6.08 Å². The number of likely N-dealkylation sites (tertiary alicyclic amines) is 1. The number of carbonyl (C=O) groups excluding carboxylic acids is 3. The first-order chi connectivity index (χ1) is 7.15. The summed E-state index contributed by atoms with van der Waals surface area (Å²) in [6, 6.07) is 0. The summed E-state index contributed by atoms with van der Waals surface area (Å²) in [4.78, 5) is 34.6. The third-order valence-corrected chi connectivity index (χ3v) is 2.16. The second-order valence-electron chi connectivity index (χ2n) is 3.28. The lowest BCUT2D eigenvalue weighted by Gasteiger charge is -2.12. The molecule has 0 bridgehead atoms. The van der Waals surface area contributed by atoms with Gasteiger partial charge >= 0.3 is 0 Å². The molecule has 1 fully saturated rings. The highest BCUT2D eigenvalue weighted by molar-refractivity contribution is 6.02. The average molecular weight is 210 g/mol. The zero-order valence-electron chi connectivity index (χ0n) is 8.49. The Bertz CT molecular complexity index is 283. The Morgan fingerprint density at radius 3 is 2.53 bits per heavy atom. The number of rotatable bonds is 5. The van der Waals surface area contributed by atoms with Crippen LogP contribution in [0.4, 0.5) is 0 Å². The Morgan fingerprint density at radius 1 is 1.40 bits per heavy atom. The largest absolute Gasteiger partial charge is 0.353 e. The van der Waals surface area contributed by atoms with E-state index >= 15 is 0 Å². The first-order valence-electron chi connectivity index (χ1n) is 4.86. The number of amides is 3. The van der Waals surface area contributed by atoms with Gasteiger partial charge in [-0.25, -0.2) is 0 Å². The van der Waals surface area contributed by atoms with Gasteiger partial charge in [-0.05, 0) is 0 Å². The minimum Gasteiger partial charge on any atom is -0.353 e. The molecule has 3 amide bonds. The molecule has 1 aliphatic heterocycles. The van der Waals surface area contributed by atoms with Gasteiger partial charge in [-0.2, -0.15) is 0 Å². The maximum Gasteiger partial charge on any atom is 0.229 e. The van der Waals surface area contributed by atoms with Crippen molar-refractivity contribution >= 4 is 17.7 Å². The van der Waals surface area contributed by atoms with Crippen molar-refractivity contribution in [3.8, 4) is 0 Å². The van der Waals surface area contributed by atoms with Gasteiger partial charge in [0.05, 0.1) is 0 Å². The summed E-state index contributed by atoms with van der Waals surface area (Å²) < 4.78 is 0. The third-order valence-electron chi connectivity index (χ3n) is 2.16. The van der Waals surface area contributed by atoms with E-state index in [0.717, 1.165) is 4.90 Å². The van der Waals surface area contributed by atoms with Crippen LogP contribution in [0.5, 0.6) is 0 Å². The summed E-state index contributed by atoms with van der Waals surface area (Å²) in [6.45, 7) is 4.05. The zero-order valence-corrected chi connectivity index (χ0v) is 8.49. The van der Waals surface area contributed by atoms with Crippen LogP contribution >= 0.6 is 0 Å². The van der Waals surface area contributed by atoms with Crippen molar-refractivity contribution in [2.24, 2.45) is 0 Å². The molecule has 82 valence electrons. The van der Waals surface area contributed by atoms with Crippen LogP contribution in [-0.2, 0) is 14.4 Å². The van der Waals surface area contributed by atoms with E-state index in [4.69, 9.17) is 0 Å². The number of imide groups is 1. The highest BCUT2D eigenvalue weighted by atomic mass is 16.2. The van der Waals surface area contributed by atoms with Crippen LogP contribution in [0.3, 0.4) is 0 Å². The van der Waals surface area contributed by atoms with Crippen LogP contribution < -0.4 is 5.32 Å². The average Bonchev–Trinajstić information content (AvgIpc) is 2.53. The molecule has 5 heteroatoms. The van der Waals surface area contributed by atoms with E-state index < -0.39 is 0 Å². The molecule has 0 atom stereocenters. The van der Waals surface area contributed by atoms with Gasteiger partial charge in [0.2, 0.25) is 17.7 Å². The number of nitrogens with zero attached hydrogens (tertiary/aromatic N) is 1. The van der Waals surface area contributed by atoms with E-state index in [9.17, 15) is 14.4 Å². The van der Waals surface area contributed by atoms with E-state index in [-0.39, 0.29) is 43.5 Å². The van der Waals surface area contributed by atoms with Gasteiger partial charge in [0.25, 0.3) is 0 Å². The van der Waals surface area contributed by atoms with Crippen LogP contribution in [0.2, 0.25) is 0 Å². The van der Waals surface area contributed by atoms with Gasteiger partial charge in [0, 0.05) is 32.4 Å². The zero-order chi connectivity index (χ0) is 11.3. The Kier molecular flexibility index (Phi) is 4.03. The van der Waals surface area contributed by atoms with Crippen LogP contribution in [0.25, 0.3) is 0 Å². The first kappa shape index (κ1) is 11.4. The second-order valence-corrected chi connectivity index (χ2v) is 3.28. The van der Waals surface area contributed by atoms with Crippen LogP contribution in [0, 0.1) is 0 Å². The molecule has 15 heavy (non-hydrogen) atoms. The van der Waals surface area contributed by atoms with Gasteiger partial charge < -0.3 is 5.32 Å². The van der Waals surface area contributed by atoms with Crippen LogP contribution in [0.1, 0.15) is 19.3 Å². The maximum absolute atomic E-state index is 11.2. The fraction of sp³-hybridized carbons (Fsp3) is 0.500. The van der Waals surface area contributed by atoms with Crippen LogP contribution in [0.15, 0.2) is 12.7 Å². The quantitative estimate of drug-likeness (QED) is 0.506. The normalized spacial score (nSPS) is 15.6. The van der Waals surface area contributed by atoms with E-state index in [1.807, 2.05) is 0 Å². The summed E-state index contributed by atoms with van der Waals surface area (Å²) in [6.07, 6.45) is 2.27. The minimum absolute atomic E-state index is 0.158. The molecule has 0 aromatic heterocycles. The van der Waals surface area contributed by atoms with E-state index in [1.165, 1.54) is 0 Å². The molecule has 1 N–H and O–H groups in total. The summed E-state index contributed by atoms with van der Waals surface area (Å²) in [5, 5.41) is 2.58. The fourth-order valence-corrected chi connectivity index (χ4v) is 1.36. The van der Waals surface area contributed by atoms with Gasteiger partial charge in [-0.3, -0.25) is 19.3 Å². The molecule has 0 unspecified atom stereocenters. The summed E-state index contributed by atoms with van der Waals surface area (Å²) in [5.41, 5.74) is 0. The van der Waals surface area contributed by atoms with E-state index in [0.29, 0.717) is 6.54 Å². The molecule has 1 saturated heterocycles. The van der Waals surface area contributed by atoms with Gasteiger partial charge in [-0.15, -0.1) is 6.58 Å². The van der Waals surface area contributed by atoms with Crippen molar-refractivity contribution in [3.05, 3.63) is 12.7 Å². The minimum atomic E-state index is -0.184. The molecule has 1 aliphatic rings. The highest BCUT2D eigenvalue weighted by Crippen LogP contribution is 2.11. The number of hydrogen-bond donors (Lipinski definition) is 1. The molecule has 0 aliphatic carbocycles.